The van der Waals surface area contributed by atoms with Crippen molar-refractivity contribution >= 4 is 23.4 Å². The van der Waals surface area contributed by atoms with E-state index in [1.807, 2.05) is 13.0 Å². The van der Waals surface area contributed by atoms with Gasteiger partial charge in [0.2, 0.25) is 5.78 Å². The Kier molecular flexibility index (Phi) is 5.03. The highest BCUT2D eigenvalue weighted by atomic mass is 35.5. The molecule has 0 aliphatic heterocycles. The maximum atomic E-state index is 12.7. The van der Waals surface area contributed by atoms with Gasteiger partial charge in [0, 0.05) is 18.3 Å². The van der Waals surface area contributed by atoms with Crippen LogP contribution < -0.4 is 0 Å². The first-order chi connectivity index (χ1) is 10.5. The Bertz CT molecular complexity index is 719. The van der Waals surface area contributed by atoms with Crippen molar-refractivity contribution in [3.8, 4) is 0 Å². The third kappa shape index (κ3) is 3.22. The number of carbonyl (C=O) groups excluding carboxylic acids is 2. The van der Waals surface area contributed by atoms with Crippen LogP contribution in [0, 0.1) is 6.92 Å². The van der Waals surface area contributed by atoms with Gasteiger partial charge in [-0.3, -0.25) is 9.59 Å². The summed E-state index contributed by atoms with van der Waals surface area (Å²) in [6.45, 7) is 3.95. The lowest BCUT2D eigenvalue weighted by Gasteiger charge is -2.09. The largest absolute Gasteiger partial charge is 0.466 e. The summed E-state index contributed by atoms with van der Waals surface area (Å²) in [5.74, 6) is -0.458. The monoisotopic (exact) mass is 319 g/mol. The van der Waals surface area contributed by atoms with Crippen LogP contribution >= 0.6 is 11.6 Å². The molecule has 0 radical (unpaired) electrons. The number of aryl methyl sites for hydroxylation is 1. The summed E-state index contributed by atoms with van der Waals surface area (Å²) in [5, 5.41) is 0.417. The van der Waals surface area contributed by atoms with Gasteiger partial charge in [0.15, 0.2) is 0 Å². The minimum atomic E-state index is -0.306. The molecular formula is C17H18ClNO3. The smallest absolute Gasteiger partial charge is 0.311 e. The van der Waals surface area contributed by atoms with Gasteiger partial charge in [0.1, 0.15) is 0 Å². The predicted molar refractivity (Wildman–Crippen MR) is 85.4 cm³/mol. The quantitative estimate of drug-likeness (QED) is 0.627. The lowest BCUT2D eigenvalue weighted by Crippen LogP contribution is -2.14. The van der Waals surface area contributed by atoms with Crippen molar-refractivity contribution in [2.24, 2.45) is 7.05 Å². The highest BCUT2D eigenvalue weighted by Gasteiger charge is 2.21. The van der Waals surface area contributed by atoms with Gasteiger partial charge in [0.05, 0.1) is 23.7 Å². The molecule has 4 nitrogen and oxygen atoms in total. The zero-order chi connectivity index (χ0) is 16.3. The van der Waals surface area contributed by atoms with Crippen molar-refractivity contribution < 1.29 is 14.3 Å². The molecule has 0 spiro atoms. The number of aromatic nitrogens is 1. The highest BCUT2D eigenvalue weighted by molar-refractivity contribution is 6.34. The fourth-order valence-corrected chi connectivity index (χ4v) is 2.68. The molecule has 0 atom stereocenters. The summed E-state index contributed by atoms with van der Waals surface area (Å²) in [6, 6.07) is 8.77. The van der Waals surface area contributed by atoms with Crippen LogP contribution in [0.4, 0.5) is 0 Å². The summed E-state index contributed by atoms with van der Waals surface area (Å²) >= 11 is 6.10. The van der Waals surface area contributed by atoms with Crippen LogP contribution in [-0.2, 0) is 23.0 Å². The van der Waals surface area contributed by atoms with Crippen LogP contribution in [0.25, 0.3) is 0 Å². The fraction of sp³-hybridized carbons (Fsp3) is 0.294. The average Bonchev–Trinajstić information content (AvgIpc) is 2.73. The Morgan fingerprint density at radius 1 is 1.27 bits per heavy atom. The number of hydrogen-bond acceptors (Lipinski definition) is 3. The Morgan fingerprint density at radius 3 is 2.59 bits per heavy atom. The number of ketones is 1. The third-order valence-electron chi connectivity index (χ3n) is 3.49. The fourth-order valence-electron chi connectivity index (χ4n) is 2.46. The van der Waals surface area contributed by atoms with Gasteiger partial charge in [-0.05, 0) is 37.6 Å². The average molecular weight is 320 g/mol. The highest BCUT2D eigenvalue weighted by Crippen LogP contribution is 2.23. The number of halogens is 1. The Balaban J connectivity index is 2.37. The van der Waals surface area contributed by atoms with Crippen LogP contribution in [0.15, 0.2) is 30.3 Å². The van der Waals surface area contributed by atoms with E-state index in [-0.39, 0.29) is 18.2 Å². The first-order valence-corrected chi connectivity index (χ1v) is 7.43. The minimum absolute atomic E-state index is 0.140. The van der Waals surface area contributed by atoms with Gasteiger partial charge in [-0.15, -0.1) is 0 Å². The summed E-state index contributed by atoms with van der Waals surface area (Å²) in [4.78, 5) is 24.3. The number of carbonyl (C=O) groups is 2. The summed E-state index contributed by atoms with van der Waals surface area (Å²) in [6.07, 6.45) is 0.140. The zero-order valence-corrected chi connectivity index (χ0v) is 13.6. The number of benzene rings is 1. The van der Waals surface area contributed by atoms with Crippen LogP contribution in [0.1, 0.15) is 34.2 Å². The Hall–Kier alpha value is -2.07. The first-order valence-electron chi connectivity index (χ1n) is 7.05. The molecule has 0 aliphatic rings. The molecule has 0 fully saturated rings. The molecule has 0 saturated heterocycles. The Labute approximate surface area is 134 Å². The van der Waals surface area contributed by atoms with E-state index >= 15 is 0 Å². The van der Waals surface area contributed by atoms with E-state index in [1.165, 1.54) is 0 Å². The van der Waals surface area contributed by atoms with Gasteiger partial charge < -0.3 is 9.30 Å². The van der Waals surface area contributed by atoms with Crippen molar-refractivity contribution in [3.63, 3.8) is 0 Å². The van der Waals surface area contributed by atoms with Crippen LogP contribution in [-0.4, -0.2) is 22.9 Å². The minimum Gasteiger partial charge on any atom is -0.466 e. The number of ether oxygens (including phenoxy) is 1. The van der Waals surface area contributed by atoms with E-state index in [1.54, 1.807) is 42.8 Å². The van der Waals surface area contributed by atoms with Crippen molar-refractivity contribution in [2.75, 3.05) is 6.61 Å². The molecule has 5 heteroatoms. The molecule has 1 aromatic heterocycles. The standard InChI is InChI=1S/C17H18ClNO3/c1-4-22-15(20)10-12-9-11(2)16(19(12)3)17(21)13-7-5-6-8-14(13)18/h5-9H,4,10H2,1-3H3. The molecular weight excluding hydrogens is 302 g/mol. The molecule has 116 valence electrons. The van der Waals surface area contributed by atoms with Gasteiger partial charge in [-0.1, -0.05) is 23.7 Å². The lowest BCUT2D eigenvalue weighted by atomic mass is 10.1. The number of rotatable bonds is 5. The van der Waals surface area contributed by atoms with Gasteiger partial charge in [0.25, 0.3) is 0 Å². The zero-order valence-electron chi connectivity index (χ0n) is 12.9. The van der Waals surface area contributed by atoms with E-state index in [0.717, 1.165) is 11.3 Å². The molecule has 0 amide bonds. The normalized spacial score (nSPS) is 10.5. The molecule has 2 aromatic rings. The number of hydrogen-bond donors (Lipinski definition) is 0. The van der Waals surface area contributed by atoms with Crippen molar-refractivity contribution in [1.29, 1.82) is 0 Å². The van der Waals surface area contributed by atoms with E-state index in [0.29, 0.717) is 22.9 Å². The van der Waals surface area contributed by atoms with Gasteiger partial charge in [-0.2, -0.15) is 0 Å². The molecule has 0 bridgehead atoms. The van der Waals surface area contributed by atoms with Crippen LogP contribution in [0.2, 0.25) is 5.02 Å². The first kappa shape index (κ1) is 16.3. The maximum Gasteiger partial charge on any atom is 0.311 e. The molecule has 0 saturated carbocycles. The number of nitrogens with zero attached hydrogens (tertiary/aromatic N) is 1. The number of esters is 1. The molecule has 22 heavy (non-hydrogen) atoms. The van der Waals surface area contributed by atoms with Crippen molar-refractivity contribution in [2.45, 2.75) is 20.3 Å². The van der Waals surface area contributed by atoms with E-state index in [4.69, 9.17) is 16.3 Å². The predicted octanol–water partition coefficient (Wildman–Crippen LogP) is 3.32. The molecule has 1 heterocycles. The third-order valence-corrected chi connectivity index (χ3v) is 3.82. The van der Waals surface area contributed by atoms with E-state index in [9.17, 15) is 9.59 Å². The summed E-state index contributed by atoms with van der Waals surface area (Å²) < 4.78 is 6.69. The van der Waals surface area contributed by atoms with Crippen molar-refractivity contribution in [1.82, 2.24) is 4.57 Å². The van der Waals surface area contributed by atoms with E-state index < -0.39 is 0 Å². The second-order valence-corrected chi connectivity index (χ2v) is 5.42. The molecule has 1 aromatic carbocycles. The topological polar surface area (TPSA) is 48.3 Å². The Morgan fingerprint density at radius 2 is 1.95 bits per heavy atom. The van der Waals surface area contributed by atoms with Gasteiger partial charge >= 0.3 is 5.97 Å². The molecule has 0 aliphatic carbocycles. The van der Waals surface area contributed by atoms with Crippen LogP contribution in [0.3, 0.4) is 0 Å². The SMILES string of the molecule is CCOC(=O)Cc1cc(C)c(C(=O)c2ccccc2Cl)n1C. The second-order valence-electron chi connectivity index (χ2n) is 5.02. The summed E-state index contributed by atoms with van der Waals surface area (Å²) in [5.41, 5.74) is 2.54. The molecule has 0 unspecified atom stereocenters. The van der Waals surface area contributed by atoms with E-state index in [2.05, 4.69) is 0 Å². The van der Waals surface area contributed by atoms with Crippen LogP contribution in [0.5, 0.6) is 0 Å². The van der Waals surface area contributed by atoms with Gasteiger partial charge in [-0.25, -0.2) is 0 Å². The summed E-state index contributed by atoms with van der Waals surface area (Å²) in [7, 11) is 1.77. The molecule has 2 rings (SSSR count). The lowest BCUT2D eigenvalue weighted by molar-refractivity contribution is -0.142. The van der Waals surface area contributed by atoms with Crippen molar-refractivity contribution in [3.05, 3.63) is 57.9 Å². The second kappa shape index (κ2) is 6.79. The maximum absolute atomic E-state index is 12.7. The molecule has 0 N–H and O–H groups in total.